The normalized spacial score (nSPS) is 21.8. The molecule has 1 amide bonds. The molecule has 2 aromatic carbocycles. The van der Waals surface area contributed by atoms with Crippen LogP contribution in [-0.2, 0) is 17.8 Å². The molecule has 0 N–H and O–H groups in total. The van der Waals surface area contributed by atoms with E-state index < -0.39 is 0 Å². The van der Waals surface area contributed by atoms with Gasteiger partial charge in [-0.3, -0.25) is 4.79 Å². The van der Waals surface area contributed by atoms with Crippen molar-refractivity contribution in [2.45, 2.75) is 26.3 Å². The molecule has 0 aliphatic carbocycles. The van der Waals surface area contributed by atoms with Crippen molar-refractivity contribution in [3.63, 3.8) is 0 Å². The summed E-state index contributed by atoms with van der Waals surface area (Å²) < 4.78 is 0. The smallest absolute Gasteiger partial charge is 0.223 e. The molecule has 1 aliphatic rings. The molecule has 1 unspecified atom stereocenters. The average Bonchev–Trinajstić information content (AvgIpc) is 2.75. The minimum absolute atomic E-state index is 0.0488. The van der Waals surface area contributed by atoms with Gasteiger partial charge in [-0.1, -0.05) is 67.6 Å². The van der Waals surface area contributed by atoms with Gasteiger partial charge in [-0.2, -0.15) is 0 Å². The third kappa shape index (κ3) is 3.33. The van der Waals surface area contributed by atoms with Crippen molar-refractivity contribution in [2.75, 3.05) is 6.54 Å². The summed E-state index contributed by atoms with van der Waals surface area (Å²) in [4.78, 5) is 14.3. The number of nitrogens with zero attached hydrogens (tertiary/aromatic N) is 1. The quantitative estimate of drug-likeness (QED) is 0.836. The van der Waals surface area contributed by atoms with E-state index in [4.69, 9.17) is 0 Å². The summed E-state index contributed by atoms with van der Waals surface area (Å²) in [6, 6.07) is 20.7. The summed E-state index contributed by atoms with van der Waals surface area (Å²) in [5.74, 6) is 0.275. The Morgan fingerprint density at radius 2 is 1.52 bits per heavy atom. The van der Waals surface area contributed by atoms with E-state index in [-0.39, 0.29) is 11.3 Å². The molecule has 108 valence electrons. The van der Waals surface area contributed by atoms with Crippen LogP contribution in [0.15, 0.2) is 60.7 Å². The minimum Gasteiger partial charge on any atom is -0.338 e. The summed E-state index contributed by atoms with van der Waals surface area (Å²) in [7, 11) is 0. The molecule has 0 radical (unpaired) electrons. The van der Waals surface area contributed by atoms with Crippen molar-refractivity contribution in [3.05, 3.63) is 71.8 Å². The molecule has 0 spiro atoms. The highest BCUT2D eigenvalue weighted by Crippen LogP contribution is 2.35. The van der Waals surface area contributed by atoms with E-state index in [1.807, 2.05) is 29.2 Å². The summed E-state index contributed by atoms with van der Waals surface area (Å²) >= 11 is 0. The predicted octanol–water partition coefficient (Wildman–Crippen LogP) is 3.67. The fourth-order valence-corrected chi connectivity index (χ4v) is 3.24. The van der Waals surface area contributed by atoms with E-state index in [1.54, 1.807) is 0 Å². The van der Waals surface area contributed by atoms with E-state index in [0.29, 0.717) is 6.42 Å². The van der Waals surface area contributed by atoms with Crippen LogP contribution in [0.4, 0.5) is 0 Å². The van der Waals surface area contributed by atoms with Gasteiger partial charge in [0, 0.05) is 19.5 Å². The molecule has 2 nitrogen and oxygen atoms in total. The van der Waals surface area contributed by atoms with Gasteiger partial charge in [0.05, 0.1) is 0 Å². The van der Waals surface area contributed by atoms with E-state index in [1.165, 1.54) is 11.1 Å². The Labute approximate surface area is 126 Å². The Hall–Kier alpha value is -2.09. The first-order chi connectivity index (χ1) is 10.1. The van der Waals surface area contributed by atoms with Gasteiger partial charge in [0.15, 0.2) is 0 Å². The molecule has 1 aliphatic heterocycles. The molecule has 1 atom stereocenters. The van der Waals surface area contributed by atoms with Gasteiger partial charge in [-0.25, -0.2) is 0 Å². The molecule has 21 heavy (non-hydrogen) atoms. The molecule has 1 fully saturated rings. The summed E-state index contributed by atoms with van der Waals surface area (Å²) in [6.45, 7) is 3.79. The zero-order chi connectivity index (χ0) is 14.7. The molecule has 0 saturated carbocycles. The third-order valence-corrected chi connectivity index (χ3v) is 4.19. The number of hydrogen-bond acceptors (Lipinski definition) is 1. The highest BCUT2D eigenvalue weighted by molar-refractivity contribution is 5.79. The van der Waals surface area contributed by atoms with Crippen LogP contribution in [0, 0.1) is 5.41 Å². The Morgan fingerprint density at radius 1 is 0.952 bits per heavy atom. The van der Waals surface area contributed by atoms with Crippen LogP contribution >= 0.6 is 0 Å². The molecule has 3 rings (SSSR count). The second-order valence-electron chi connectivity index (χ2n) is 6.39. The Kier molecular flexibility index (Phi) is 3.78. The van der Waals surface area contributed by atoms with Crippen molar-refractivity contribution >= 4 is 5.91 Å². The number of carbonyl (C=O) groups excluding carboxylic acids is 1. The van der Waals surface area contributed by atoms with Gasteiger partial charge in [0.25, 0.3) is 0 Å². The summed E-state index contributed by atoms with van der Waals surface area (Å²) in [6.07, 6.45) is 1.61. The summed E-state index contributed by atoms with van der Waals surface area (Å²) in [5, 5.41) is 0. The standard InChI is InChI=1S/C19H21NO/c1-19(12-16-8-4-2-5-9-16)13-18(21)20(15-19)14-17-10-6-3-7-11-17/h2-11H,12-15H2,1H3. The highest BCUT2D eigenvalue weighted by Gasteiger charge is 2.39. The minimum atomic E-state index is 0.0488. The van der Waals surface area contributed by atoms with Crippen molar-refractivity contribution in [3.8, 4) is 0 Å². The van der Waals surface area contributed by atoms with Crippen molar-refractivity contribution in [1.82, 2.24) is 4.90 Å². The highest BCUT2D eigenvalue weighted by atomic mass is 16.2. The zero-order valence-electron chi connectivity index (χ0n) is 12.5. The largest absolute Gasteiger partial charge is 0.338 e. The summed E-state index contributed by atoms with van der Waals surface area (Å²) in [5.41, 5.74) is 2.57. The maximum absolute atomic E-state index is 12.3. The molecule has 1 heterocycles. The van der Waals surface area contributed by atoms with Crippen LogP contribution in [0.25, 0.3) is 0 Å². The maximum atomic E-state index is 12.3. The molecule has 1 saturated heterocycles. The first kappa shape index (κ1) is 13.9. The number of carbonyl (C=O) groups is 1. The van der Waals surface area contributed by atoms with Crippen molar-refractivity contribution < 1.29 is 4.79 Å². The van der Waals surface area contributed by atoms with E-state index >= 15 is 0 Å². The first-order valence-corrected chi connectivity index (χ1v) is 7.50. The average molecular weight is 279 g/mol. The fourth-order valence-electron chi connectivity index (χ4n) is 3.24. The topological polar surface area (TPSA) is 20.3 Å². The van der Waals surface area contributed by atoms with Gasteiger partial charge >= 0.3 is 0 Å². The third-order valence-electron chi connectivity index (χ3n) is 4.19. The number of hydrogen-bond donors (Lipinski definition) is 0. The number of benzene rings is 2. The SMILES string of the molecule is CC1(Cc2ccccc2)CC(=O)N(Cc2ccccc2)C1. The molecule has 2 aromatic rings. The lowest BCUT2D eigenvalue weighted by atomic mass is 9.83. The van der Waals surface area contributed by atoms with E-state index in [2.05, 4.69) is 43.3 Å². The molecule has 2 heteroatoms. The molecular formula is C19H21NO. The lowest BCUT2D eigenvalue weighted by Gasteiger charge is -2.24. The number of amides is 1. The van der Waals surface area contributed by atoms with Gasteiger partial charge in [-0.15, -0.1) is 0 Å². The van der Waals surface area contributed by atoms with E-state index in [0.717, 1.165) is 19.5 Å². The number of likely N-dealkylation sites (tertiary alicyclic amines) is 1. The van der Waals surface area contributed by atoms with Gasteiger partial charge < -0.3 is 4.90 Å². The van der Waals surface area contributed by atoms with Crippen LogP contribution in [-0.4, -0.2) is 17.4 Å². The van der Waals surface area contributed by atoms with Crippen molar-refractivity contribution in [1.29, 1.82) is 0 Å². The fraction of sp³-hybridized carbons (Fsp3) is 0.316. The maximum Gasteiger partial charge on any atom is 0.223 e. The lowest BCUT2D eigenvalue weighted by molar-refractivity contribution is -0.128. The van der Waals surface area contributed by atoms with Crippen LogP contribution in [0.3, 0.4) is 0 Å². The molecule has 0 aromatic heterocycles. The van der Waals surface area contributed by atoms with Crippen LogP contribution in [0.2, 0.25) is 0 Å². The van der Waals surface area contributed by atoms with Gasteiger partial charge in [0.1, 0.15) is 0 Å². The van der Waals surface area contributed by atoms with Gasteiger partial charge in [-0.05, 0) is 23.0 Å². The van der Waals surface area contributed by atoms with E-state index in [9.17, 15) is 4.79 Å². The van der Waals surface area contributed by atoms with Crippen LogP contribution < -0.4 is 0 Å². The van der Waals surface area contributed by atoms with Crippen LogP contribution in [0.5, 0.6) is 0 Å². The monoisotopic (exact) mass is 279 g/mol. The second-order valence-corrected chi connectivity index (χ2v) is 6.39. The first-order valence-electron chi connectivity index (χ1n) is 7.50. The van der Waals surface area contributed by atoms with Crippen molar-refractivity contribution in [2.24, 2.45) is 5.41 Å². The number of rotatable bonds is 4. The zero-order valence-corrected chi connectivity index (χ0v) is 12.5. The Bertz CT molecular complexity index is 608. The lowest BCUT2D eigenvalue weighted by Crippen LogP contribution is -2.27. The Morgan fingerprint density at radius 3 is 2.14 bits per heavy atom. The molecular weight excluding hydrogens is 258 g/mol. The second kappa shape index (κ2) is 5.72. The molecule has 0 bridgehead atoms. The van der Waals surface area contributed by atoms with Crippen LogP contribution in [0.1, 0.15) is 24.5 Å². The predicted molar refractivity (Wildman–Crippen MR) is 84.7 cm³/mol. The Balaban J connectivity index is 1.69. The van der Waals surface area contributed by atoms with Gasteiger partial charge in [0.2, 0.25) is 5.91 Å².